The van der Waals surface area contributed by atoms with Gasteiger partial charge in [0.15, 0.2) is 40.5 Å². The average molecular weight is 774 g/mol. The normalized spacial score (nSPS) is 15.9. The lowest BCUT2D eigenvalue weighted by molar-refractivity contribution is 0.359. The summed E-state index contributed by atoms with van der Waals surface area (Å²) in [4.78, 5) is 15.6. The highest BCUT2D eigenvalue weighted by Gasteiger charge is 2.40. The van der Waals surface area contributed by atoms with E-state index in [-0.39, 0.29) is 11.3 Å². The largest absolute Gasteiger partial charge is 0.449 e. The summed E-state index contributed by atoms with van der Waals surface area (Å²) in [6, 6.07) is 53.2. The molecule has 3 aliphatic rings. The molecule has 286 valence electrons. The molecule has 5 nitrogen and oxygen atoms in total. The maximum absolute atomic E-state index is 6.86. The topological polar surface area (TPSA) is 57.1 Å². The van der Waals surface area contributed by atoms with Crippen molar-refractivity contribution in [3.63, 3.8) is 0 Å². The van der Waals surface area contributed by atoms with Gasteiger partial charge >= 0.3 is 0 Å². The Morgan fingerprint density at radius 2 is 1.10 bits per heavy atom. The molecule has 0 radical (unpaired) electrons. The maximum Gasteiger partial charge on any atom is 0.178 e. The number of hydrogen-bond acceptors (Lipinski definition) is 5. The Balaban J connectivity index is 0.973. The fourth-order valence-electron chi connectivity index (χ4n) is 9.82. The predicted molar refractivity (Wildman–Crippen MR) is 244 cm³/mol. The van der Waals surface area contributed by atoms with Crippen molar-refractivity contribution in [2.45, 2.75) is 32.6 Å². The molecular formula is C55H39N3O2. The quantitative estimate of drug-likeness (QED) is 0.167. The van der Waals surface area contributed by atoms with Crippen LogP contribution in [0.2, 0.25) is 0 Å². The molecule has 5 heteroatoms. The Labute approximate surface area is 348 Å². The number of allylic oxidation sites excluding steroid dienone is 4. The number of nitrogens with zero attached hydrogens (tertiary/aromatic N) is 3. The summed E-state index contributed by atoms with van der Waals surface area (Å²) in [6.07, 6.45) is 5.33. The average Bonchev–Trinajstić information content (AvgIpc) is 3.54. The van der Waals surface area contributed by atoms with Crippen molar-refractivity contribution in [3.05, 3.63) is 186 Å². The van der Waals surface area contributed by atoms with Gasteiger partial charge in [-0.2, -0.15) is 0 Å². The monoisotopic (exact) mass is 773 g/mol. The van der Waals surface area contributed by atoms with Crippen molar-refractivity contribution in [1.82, 2.24) is 15.0 Å². The molecule has 1 aromatic heterocycles. The van der Waals surface area contributed by atoms with E-state index >= 15 is 0 Å². The summed E-state index contributed by atoms with van der Waals surface area (Å²) in [7, 11) is 0. The van der Waals surface area contributed by atoms with Gasteiger partial charge in [-0.05, 0) is 96.8 Å². The molecule has 0 N–H and O–H groups in total. The highest BCUT2D eigenvalue weighted by molar-refractivity contribution is 6.25. The summed E-state index contributed by atoms with van der Waals surface area (Å²) < 4.78 is 13.7. The van der Waals surface area contributed by atoms with Crippen LogP contribution in [0.25, 0.3) is 77.4 Å². The minimum absolute atomic E-state index is 0.135. The Bertz CT molecular complexity index is 3310. The first kappa shape index (κ1) is 34.7. The van der Waals surface area contributed by atoms with Crippen molar-refractivity contribution in [3.8, 4) is 56.9 Å². The van der Waals surface area contributed by atoms with Crippen LogP contribution in [0.5, 0.6) is 23.0 Å². The highest BCUT2D eigenvalue weighted by atomic mass is 16.6. The van der Waals surface area contributed by atoms with Crippen molar-refractivity contribution < 1.29 is 9.47 Å². The van der Waals surface area contributed by atoms with Gasteiger partial charge in [0.05, 0.1) is 0 Å². The molecular weight excluding hydrogens is 735 g/mol. The van der Waals surface area contributed by atoms with E-state index in [9.17, 15) is 0 Å². The molecule has 12 rings (SSSR count). The van der Waals surface area contributed by atoms with Gasteiger partial charge in [-0.3, -0.25) is 0 Å². The van der Waals surface area contributed by atoms with Gasteiger partial charge in [-0.1, -0.05) is 160 Å². The van der Waals surface area contributed by atoms with E-state index in [1.807, 2.05) is 24.3 Å². The number of benzene rings is 8. The third-order valence-electron chi connectivity index (χ3n) is 12.7. The number of fused-ring (bicyclic) bond motifs is 12. The smallest absolute Gasteiger partial charge is 0.178 e. The lowest BCUT2D eigenvalue weighted by Gasteiger charge is -2.27. The van der Waals surface area contributed by atoms with Crippen LogP contribution >= 0.6 is 0 Å². The zero-order valence-electron chi connectivity index (χ0n) is 33.5. The second-order valence-electron chi connectivity index (χ2n) is 16.8. The molecule has 0 saturated carbocycles. The van der Waals surface area contributed by atoms with E-state index in [4.69, 9.17) is 24.4 Å². The van der Waals surface area contributed by atoms with Crippen molar-refractivity contribution in [2.24, 2.45) is 5.92 Å². The number of hydrogen-bond donors (Lipinski definition) is 0. The van der Waals surface area contributed by atoms with Gasteiger partial charge in [0.2, 0.25) is 0 Å². The second kappa shape index (κ2) is 13.1. The molecule has 2 heterocycles. The van der Waals surface area contributed by atoms with Gasteiger partial charge in [-0.15, -0.1) is 0 Å². The molecule has 1 atom stereocenters. The van der Waals surface area contributed by atoms with Gasteiger partial charge in [0.25, 0.3) is 0 Å². The lowest BCUT2D eigenvalue weighted by atomic mass is 9.82. The summed E-state index contributed by atoms with van der Waals surface area (Å²) in [5.41, 5.74) is 9.68. The first-order valence-electron chi connectivity index (χ1n) is 20.7. The number of ether oxygens (including phenoxy) is 2. The molecule has 60 heavy (non-hydrogen) atoms. The highest BCUT2D eigenvalue weighted by Crippen LogP contribution is 2.59. The summed E-state index contributed by atoms with van der Waals surface area (Å²) in [5.74, 6) is 5.09. The van der Waals surface area contributed by atoms with Crippen LogP contribution in [0.3, 0.4) is 0 Å². The fourth-order valence-corrected chi connectivity index (χ4v) is 9.82. The molecule has 1 unspecified atom stereocenters. The Morgan fingerprint density at radius 1 is 0.500 bits per heavy atom. The van der Waals surface area contributed by atoms with Gasteiger partial charge in [-0.25, -0.2) is 15.0 Å². The maximum atomic E-state index is 6.86. The Morgan fingerprint density at radius 3 is 1.87 bits per heavy atom. The molecule has 0 saturated heterocycles. The first-order valence-corrected chi connectivity index (χ1v) is 20.7. The van der Waals surface area contributed by atoms with Crippen molar-refractivity contribution >= 4 is 43.5 Å². The molecule has 0 fully saturated rings. The molecule has 2 aliphatic carbocycles. The predicted octanol–water partition coefficient (Wildman–Crippen LogP) is 14.4. The van der Waals surface area contributed by atoms with Crippen LogP contribution in [0, 0.1) is 5.92 Å². The van der Waals surface area contributed by atoms with Crippen LogP contribution in [0.1, 0.15) is 49.7 Å². The zero-order chi connectivity index (χ0) is 40.1. The molecule has 9 aromatic rings. The fraction of sp³-hybridized carbons (Fsp3) is 0.109. The third kappa shape index (κ3) is 5.28. The standard InChI is InChI=1S/C55H39N3O2/c1-32-28-35(37-21-13-23-47-50(37)59-48-27-26-46-49(51(48)60-47)43-20-11-12-22-45(43)55(46,2)3)30-36(29-32)54-57-52(33-14-5-4-6-15-33)56-53(58-54)34-24-25-42-40-18-8-7-16-38(40)39-17-9-10-19-41(39)44(42)31-34/h4-28,30-32H,29H2,1-3H3. The van der Waals surface area contributed by atoms with E-state index in [1.54, 1.807) is 0 Å². The molecule has 8 aromatic carbocycles. The number of rotatable bonds is 4. The SMILES string of the molecule is CC1C=C(c2cccc3c2Oc2ccc4c(c2O3)-c2ccccc2C4(C)C)C=C(c2nc(-c3ccccc3)nc(-c3ccc4c5ccccc5c5ccccc5c4c3)n2)C1. The minimum atomic E-state index is -0.135. The van der Waals surface area contributed by atoms with Crippen LogP contribution in [0.4, 0.5) is 0 Å². The van der Waals surface area contributed by atoms with Gasteiger partial charge < -0.3 is 9.47 Å². The van der Waals surface area contributed by atoms with Crippen LogP contribution in [-0.2, 0) is 5.41 Å². The van der Waals surface area contributed by atoms with Crippen LogP contribution < -0.4 is 9.47 Å². The van der Waals surface area contributed by atoms with Crippen LogP contribution in [-0.4, -0.2) is 15.0 Å². The molecule has 0 spiro atoms. The zero-order valence-corrected chi connectivity index (χ0v) is 33.5. The Hall–Kier alpha value is -7.37. The molecule has 0 amide bonds. The number of para-hydroxylation sites is 1. The Kier molecular flexibility index (Phi) is 7.55. The molecule has 1 aliphatic heterocycles. The van der Waals surface area contributed by atoms with Crippen molar-refractivity contribution in [2.75, 3.05) is 0 Å². The van der Waals surface area contributed by atoms with E-state index in [2.05, 4.69) is 160 Å². The van der Waals surface area contributed by atoms with Gasteiger partial charge in [0, 0.05) is 27.7 Å². The minimum Gasteiger partial charge on any atom is -0.449 e. The number of aromatic nitrogens is 3. The van der Waals surface area contributed by atoms with E-state index < -0.39 is 0 Å². The third-order valence-corrected chi connectivity index (χ3v) is 12.7. The van der Waals surface area contributed by atoms with Crippen molar-refractivity contribution in [1.29, 1.82) is 0 Å². The van der Waals surface area contributed by atoms with Gasteiger partial charge in [0.1, 0.15) is 0 Å². The lowest BCUT2D eigenvalue weighted by Crippen LogP contribution is -2.15. The second-order valence-corrected chi connectivity index (χ2v) is 16.8. The van der Waals surface area contributed by atoms with E-state index in [0.29, 0.717) is 29.0 Å². The molecule has 0 bridgehead atoms. The van der Waals surface area contributed by atoms with E-state index in [1.165, 1.54) is 49.0 Å². The summed E-state index contributed by atoms with van der Waals surface area (Å²) in [5, 5.41) is 7.32. The van der Waals surface area contributed by atoms with E-state index in [0.717, 1.165) is 51.3 Å². The first-order chi connectivity index (χ1) is 29.4. The summed E-state index contributed by atoms with van der Waals surface area (Å²) in [6.45, 7) is 6.81. The van der Waals surface area contributed by atoms with Crippen LogP contribution in [0.15, 0.2) is 164 Å². The summed E-state index contributed by atoms with van der Waals surface area (Å²) >= 11 is 0.